The lowest BCUT2D eigenvalue weighted by Crippen LogP contribution is -2.43. The second kappa shape index (κ2) is 9.19. The largest absolute Gasteiger partial charge is 0.360 e. The van der Waals surface area contributed by atoms with Gasteiger partial charge in [-0.3, -0.25) is 4.79 Å². The van der Waals surface area contributed by atoms with Crippen molar-refractivity contribution in [3.63, 3.8) is 0 Å². The van der Waals surface area contributed by atoms with E-state index in [2.05, 4.69) is 15.5 Å². The number of carbonyl (C=O) groups excluding carboxylic acids is 1. The molecule has 1 aliphatic rings. The minimum absolute atomic E-state index is 0.0249. The third-order valence-electron chi connectivity index (χ3n) is 5.35. The van der Waals surface area contributed by atoms with E-state index in [0.717, 1.165) is 15.6 Å². The van der Waals surface area contributed by atoms with Gasteiger partial charge in [-0.1, -0.05) is 11.2 Å². The van der Waals surface area contributed by atoms with Crippen LogP contribution in [0.2, 0.25) is 0 Å². The fourth-order valence-corrected chi connectivity index (χ4v) is 7.15. The number of nitrogens with one attached hydrogen (secondary N) is 1. The monoisotopic (exact) mass is 480 g/mol. The maximum absolute atomic E-state index is 12.9. The SMILES string of the molecule is Cc1noc(C)c1S(=O)(=O)N1CCC(C(=O)NCCc2csc(-c3cccs3)n2)CC1. The Hall–Kier alpha value is -2.08. The maximum Gasteiger partial charge on any atom is 0.248 e. The molecule has 166 valence electrons. The van der Waals surface area contributed by atoms with E-state index in [9.17, 15) is 13.2 Å². The van der Waals surface area contributed by atoms with Crippen molar-refractivity contribution in [2.75, 3.05) is 19.6 Å². The molecule has 0 radical (unpaired) electrons. The molecule has 4 heterocycles. The number of hydrogen-bond acceptors (Lipinski definition) is 8. The highest BCUT2D eigenvalue weighted by atomic mass is 32.2. The zero-order chi connectivity index (χ0) is 22.0. The van der Waals surface area contributed by atoms with Crippen molar-refractivity contribution in [2.45, 2.75) is 38.0 Å². The molecule has 1 fully saturated rings. The zero-order valence-electron chi connectivity index (χ0n) is 17.3. The van der Waals surface area contributed by atoms with Gasteiger partial charge in [-0.2, -0.15) is 4.31 Å². The van der Waals surface area contributed by atoms with Crippen LogP contribution in [0.1, 0.15) is 30.0 Å². The van der Waals surface area contributed by atoms with Crippen LogP contribution in [-0.4, -0.2) is 48.4 Å². The fraction of sp³-hybridized carbons (Fsp3) is 0.450. The molecule has 4 rings (SSSR count). The minimum Gasteiger partial charge on any atom is -0.360 e. The average Bonchev–Trinajstić information content (AvgIpc) is 3.49. The fourth-order valence-electron chi connectivity index (χ4n) is 3.72. The number of hydrogen-bond donors (Lipinski definition) is 1. The molecule has 0 saturated carbocycles. The molecule has 31 heavy (non-hydrogen) atoms. The van der Waals surface area contributed by atoms with Crippen LogP contribution in [0, 0.1) is 19.8 Å². The zero-order valence-corrected chi connectivity index (χ0v) is 19.8. The number of thiophene rings is 1. The van der Waals surface area contributed by atoms with Gasteiger partial charge >= 0.3 is 0 Å². The molecule has 8 nitrogen and oxygen atoms in total. The molecule has 0 bridgehead atoms. The van der Waals surface area contributed by atoms with Crippen LogP contribution in [0.15, 0.2) is 32.3 Å². The van der Waals surface area contributed by atoms with Gasteiger partial charge < -0.3 is 9.84 Å². The van der Waals surface area contributed by atoms with Crippen LogP contribution < -0.4 is 5.32 Å². The molecule has 1 aliphatic heterocycles. The molecule has 11 heteroatoms. The standard InChI is InChI=1S/C20H24N4O4S3/c1-13-18(14(2)28-23-13)31(26,27)24-9-6-15(7-10-24)19(25)21-8-5-16-12-30-20(22-16)17-4-3-11-29-17/h3-4,11-12,15H,5-10H2,1-2H3,(H,21,25). The molecule has 3 aromatic rings. The Morgan fingerprint density at radius 1 is 1.29 bits per heavy atom. The molecule has 0 aliphatic carbocycles. The molecular weight excluding hydrogens is 456 g/mol. The molecule has 3 aromatic heterocycles. The Morgan fingerprint density at radius 2 is 2.06 bits per heavy atom. The van der Waals surface area contributed by atoms with Crippen molar-refractivity contribution in [3.05, 3.63) is 40.0 Å². The van der Waals surface area contributed by atoms with E-state index in [0.29, 0.717) is 50.4 Å². The quantitative estimate of drug-likeness (QED) is 0.557. The van der Waals surface area contributed by atoms with Crippen molar-refractivity contribution in [1.82, 2.24) is 19.8 Å². The van der Waals surface area contributed by atoms with E-state index >= 15 is 0 Å². The smallest absolute Gasteiger partial charge is 0.248 e. The predicted octanol–water partition coefficient (Wildman–Crippen LogP) is 3.24. The Kier molecular flexibility index (Phi) is 6.56. The summed E-state index contributed by atoms with van der Waals surface area (Å²) in [4.78, 5) is 18.5. The summed E-state index contributed by atoms with van der Waals surface area (Å²) in [6.07, 6.45) is 1.66. The van der Waals surface area contributed by atoms with Crippen LogP contribution >= 0.6 is 22.7 Å². The Labute approximate surface area is 189 Å². The lowest BCUT2D eigenvalue weighted by Gasteiger charge is -2.30. The molecule has 1 N–H and O–H groups in total. The van der Waals surface area contributed by atoms with Gasteiger partial charge in [0.05, 0.1) is 10.6 Å². The summed E-state index contributed by atoms with van der Waals surface area (Å²) in [5, 5.41) is 11.8. The average molecular weight is 481 g/mol. The van der Waals surface area contributed by atoms with Crippen molar-refractivity contribution >= 4 is 38.6 Å². The summed E-state index contributed by atoms with van der Waals surface area (Å²) < 4.78 is 32.2. The first-order valence-corrected chi connectivity index (χ1v) is 13.2. The van der Waals surface area contributed by atoms with Crippen LogP contribution in [-0.2, 0) is 21.2 Å². The van der Waals surface area contributed by atoms with Gasteiger partial charge in [0.2, 0.25) is 15.9 Å². The lowest BCUT2D eigenvalue weighted by atomic mass is 9.97. The van der Waals surface area contributed by atoms with Crippen molar-refractivity contribution < 1.29 is 17.7 Å². The summed E-state index contributed by atoms with van der Waals surface area (Å²) in [7, 11) is -3.66. The van der Waals surface area contributed by atoms with Crippen molar-refractivity contribution in [3.8, 4) is 9.88 Å². The van der Waals surface area contributed by atoms with E-state index in [-0.39, 0.29) is 16.7 Å². The maximum atomic E-state index is 12.9. The van der Waals surface area contributed by atoms with Gasteiger partial charge in [-0.15, -0.1) is 22.7 Å². The Morgan fingerprint density at radius 3 is 2.71 bits per heavy atom. The first-order chi connectivity index (χ1) is 14.9. The molecular formula is C20H24N4O4S3. The molecule has 1 amide bonds. The summed E-state index contributed by atoms with van der Waals surface area (Å²) in [6, 6.07) is 4.06. The first-order valence-electron chi connectivity index (χ1n) is 10.1. The highest BCUT2D eigenvalue weighted by molar-refractivity contribution is 7.89. The van der Waals surface area contributed by atoms with Crippen LogP contribution in [0.4, 0.5) is 0 Å². The number of piperidine rings is 1. The van der Waals surface area contributed by atoms with Crippen LogP contribution in [0.5, 0.6) is 0 Å². The highest BCUT2D eigenvalue weighted by Gasteiger charge is 2.35. The molecule has 0 atom stereocenters. The third-order valence-corrected chi connectivity index (χ3v) is 9.43. The van der Waals surface area contributed by atoms with Crippen molar-refractivity contribution in [1.29, 1.82) is 0 Å². The van der Waals surface area contributed by atoms with Gasteiger partial charge in [-0.25, -0.2) is 13.4 Å². The Bertz CT molecular complexity index is 1120. The topological polar surface area (TPSA) is 105 Å². The number of sulfonamides is 1. The number of amides is 1. The van der Waals surface area contributed by atoms with E-state index < -0.39 is 10.0 Å². The number of aromatic nitrogens is 2. The summed E-state index contributed by atoms with van der Waals surface area (Å²) in [5.74, 6) is 0.0815. The second-order valence-electron chi connectivity index (χ2n) is 7.49. The number of nitrogens with zero attached hydrogens (tertiary/aromatic N) is 3. The first kappa shape index (κ1) is 22.1. The van der Waals surface area contributed by atoms with E-state index in [1.54, 1.807) is 36.5 Å². The summed E-state index contributed by atoms with van der Waals surface area (Å²) in [5.41, 5.74) is 1.33. The lowest BCUT2D eigenvalue weighted by molar-refractivity contribution is -0.126. The van der Waals surface area contributed by atoms with Gasteiger partial charge in [-0.05, 0) is 38.1 Å². The van der Waals surface area contributed by atoms with Gasteiger partial charge in [0.1, 0.15) is 15.6 Å². The third kappa shape index (κ3) is 4.74. The van der Waals surface area contributed by atoms with E-state index in [4.69, 9.17) is 4.52 Å². The van der Waals surface area contributed by atoms with E-state index in [1.165, 1.54) is 4.31 Å². The van der Waals surface area contributed by atoms with E-state index in [1.807, 2.05) is 22.9 Å². The van der Waals surface area contributed by atoms with Gasteiger partial charge in [0.25, 0.3) is 0 Å². The molecule has 0 spiro atoms. The minimum atomic E-state index is -3.66. The molecule has 1 saturated heterocycles. The second-order valence-corrected chi connectivity index (χ2v) is 11.2. The molecule has 0 aromatic carbocycles. The van der Waals surface area contributed by atoms with Gasteiger partial charge in [0.15, 0.2) is 5.76 Å². The van der Waals surface area contributed by atoms with Crippen molar-refractivity contribution in [2.24, 2.45) is 5.92 Å². The highest BCUT2D eigenvalue weighted by Crippen LogP contribution is 2.29. The number of aryl methyl sites for hydroxylation is 2. The molecule has 0 unspecified atom stereocenters. The Balaban J connectivity index is 1.26. The van der Waals surface area contributed by atoms with Crippen LogP contribution in [0.25, 0.3) is 9.88 Å². The normalized spacial score (nSPS) is 15.9. The predicted molar refractivity (Wildman–Crippen MR) is 120 cm³/mol. The number of carbonyl (C=O) groups is 1. The number of rotatable bonds is 7. The van der Waals surface area contributed by atoms with Gasteiger partial charge in [0, 0.05) is 37.4 Å². The summed E-state index contributed by atoms with van der Waals surface area (Å²) >= 11 is 3.27. The van der Waals surface area contributed by atoms with Crippen LogP contribution in [0.3, 0.4) is 0 Å². The number of thiazole rings is 1. The summed E-state index contributed by atoms with van der Waals surface area (Å²) in [6.45, 7) is 4.35.